The Balaban J connectivity index is 2.72. The van der Waals surface area contributed by atoms with Crippen LogP contribution in [0.5, 0.6) is 0 Å². The monoisotopic (exact) mass is 197 g/mol. The van der Waals surface area contributed by atoms with Crippen molar-refractivity contribution < 1.29 is 0 Å². The van der Waals surface area contributed by atoms with E-state index in [-0.39, 0.29) is 0 Å². The summed E-state index contributed by atoms with van der Waals surface area (Å²) in [5, 5.41) is 3.78. The molecule has 1 heteroatoms. The second-order valence-electron chi connectivity index (χ2n) is 6.08. The van der Waals surface area contributed by atoms with Crippen LogP contribution in [0.3, 0.4) is 0 Å². The van der Waals surface area contributed by atoms with Crippen LogP contribution in [-0.4, -0.2) is 12.1 Å². The van der Waals surface area contributed by atoms with Crippen LogP contribution in [0.4, 0.5) is 0 Å². The lowest BCUT2D eigenvalue weighted by Crippen LogP contribution is -2.51. The Hall–Kier alpha value is -0.0400. The minimum Gasteiger partial charge on any atom is -0.311 e. The first kappa shape index (κ1) is 12.0. The summed E-state index contributed by atoms with van der Waals surface area (Å²) in [6.07, 6.45) is 5.36. The van der Waals surface area contributed by atoms with E-state index in [9.17, 15) is 0 Å². The minimum absolute atomic E-state index is 0.396. The standard InChI is InChI=1S/C13H27N/c1-6-11(2)10-13(12(3,4)5)8-7-9-14-13/h11,14H,6-10H2,1-5H3. The molecule has 0 aromatic heterocycles. The molecule has 1 saturated heterocycles. The van der Waals surface area contributed by atoms with Gasteiger partial charge in [-0.05, 0) is 37.1 Å². The molecule has 2 unspecified atom stereocenters. The highest BCUT2D eigenvalue weighted by molar-refractivity contribution is 5.02. The highest BCUT2D eigenvalue weighted by atomic mass is 15.0. The fraction of sp³-hybridized carbons (Fsp3) is 1.00. The molecule has 0 aromatic rings. The lowest BCUT2D eigenvalue weighted by Gasteiger charge is -2.44. The van der Waals surface area contributed by atoms with E-state index in [2.05, 4.69) is 39.9 Å². The molecule has 1 heterocycles. The third-order valence-corrected chi connectivity index (χ3v) is 4.07. The summed E-state index contributed by atoms with van der Waals surface area (Å²) in [6, 6.07) is 0. The van der Waals surface area contributed by atoms with Crippen LogP contribution in [0.15, 0.2) is 0 Å². The van der Waals surface area contributed by atoms with Gasteiger partial charge in [-0.15, -0.1) is 0 Å². The first-order valence-electron chi connectivity index (χ1n) is 6.16. The molecular weight excluding hydrogens is 170 g/mol. The molecule has 0 bridgehead atoms. The van der Waals surface area contributed by atoms with E-state index in [1.54, 1.807) is 0 Å². The van der Waals surface area contributed by atoms with E-state index in [4.69, 9.17) is 0 Å². The lowest BCUT2D eigenvalue weighted by atomic mass is 9.68. The van der Waals surface area contributed by atoms with Gasteiger partial charge < -0.3 is 5.32 Å². The maximum Gasteiger partial charge on any atom is 0.0232 e. The fourth-order valence-electron chi connectivity index (χ4n) is 2.67. The topological polar surface area (TPSA) is 12.0 Å². The van der Waals surface area contributed by atoms with E-state index in [1.807, 2.05) is 0 Å². The van der Waals surface area contributed by atoms with E-state index < -0.39 is 0 Å². The normalized spacial score (nSPS) is 30.6. The van der Waals surface area contributed by atoms with E-state index in [0.29, 0.717) is 11.0 Å². The fourth-order valence-corrected chi connectivity index (χ4v) is 2.67. The van der Waals surface area contributed by atoms with Gasteiger partial charge in [0.2, 0.25) is 0 Å². The van der Waals surface area contributed by atoms with Crippen molar-refractivity contribution in [1.82, 2.24) is 5.32 Å². The van der Waals surface area contributed by atoms with Gasteiger partial charge in [0.1, 0.15) is 0 Å². The van der Waals surface area contributed by atoms with Gasteiger partial charge >= 0.3 is 0 Å². The summed E-state index contributed by atoms with van der Waals surface area (Å²) >= 11 is 0. The Labute approximate surface area is 89.7 Å². The molecule has 0 amide bonds. The van der Waals surface area contributed by atoms with Crippen molar-refractivity contribution in [3.8, 4) is 0 Å². The molecular formula is C13H27N. The predicted molar refractivity (Wildman–Crippen MR) is 63.5 cm³/mol. The van der Waals surface area contributed by atoms with Gasteiger partial charge in [-0.1, -0.05) is 41.0 Å². The van der Waals surface area contributed by atoms with Gasteiger partial charge in [0.05, 0.1) is 0 Å². The van der Waals surface area contributed by atoms with Gasteiger partial charge in [-0.2, -0.15) is 0 Å². The zero-order valence-corrected chi connectivity index (χ0v) is 10.6. The van der Waals surface area contributed by atoms with Crippen LogP contribution in [0.1, 0.15) is 60.3 Å². The van der Waals surface area contributed by atoms with Crippen molar-refractivity contribution in [3.05, 3.63) is 0 Å². The van der Waals surface area contributed by atoms with Gasteiger partial charge in [-0.3, -0.25) is 0 Å². The van der Waals surface area contributed by atoms with Crippen LogP contribution in [-0.2, 0) is 0 Å². The van der Waals surface area contributed by atoms with Crippen LogP contribution in [0.25, 0.3) is 0 Å². The molecule has 2 atom stereocenters. The smallest absolute Gasteiger partial charge is 0.0232 e. The van der Waals surface area contributed by atoms with Gasteiger partial charge in [0.25, 0.3) is 0 Å². The maximum atomic E-state index is 3.78. The van der Waals surface area contributed by atoms with Crippen LogP contribution >= 0.6 is 0 Å². The average Bonchev–Trinajstić information content (AvgIpc) is 2.52. The van der Waals surface area contributed by atoms with E-state index in [0.717, 1.165) is 5.92 Å². The molecule has 14 heavy (non-hydrogen) atoms. The third kappa shape index (κ3) is 2.31. The zero-order chi connectivity index (χ0) is 10.8. The molecule has 1 rings (SSSR count). The highest BCUT2D eigenvalue weighted by Crippen LogP contribution is 2.42. The first-order chi connectivity index (χ1) is 6.41. The van der Waals surface area contributed by atoms with Gasteiger partial charge in [-0.25, -0.2) is 0 Å². The zero-order valence-electron chi connectivity index (χ0n) is 10.6. The average molecular weight is 197 g/mol. The molecule has 0 aliphatic carbocycles. The SMILES string of the molecule is CCC(C)CC1(C(C)(C)C)CCCN1. The van der Waals surface area contributed by atoms with Crippen LogP contribution in [0.2, 0.25) is 0 Å². The predicted octanol–water partition coefficient (Wildman–Crippen LogP) is 3.59. The summed E-state index contributed by atoms with van der Waals surface area (Å²) in [5.41, 5.74) is 0.801. The first-order valence-corrected chi connectivity index (χ1v) is 6.16. The molecule has 1 nitrogen and oxygen atoms in total. The Bertz CT molecular complexity index is 172. The molecule has 1 aliphatic rings. The Morgan fingerprint density at radius 3 is 2.36 bits per heavy atom. The molecule has 0 saturated carbocycles. The summed E-state index contributed by atoms with van der Waals surface area (Å²) in [5.74, 6) is 0.847. The van der Waals surface area contributed by atoms with Crippen molar-refractivity contribution in [2.24, 2.45) is 11.3 Å². The van der Waals surface area contributed by atoms with Crippen molar-refractivity contribution in [3.63, 3.8) is 0 Å². The van der Waals surface area contributed by atoms with E-state index in [1.165, 1.54) is 32.2 Å². The minimum atomic E-state index is 0.396. The summed E-state index contributed by atoms with van der Waals surface area (Å²) in [4.78, 5) is 0. The lowest BCUT2D eigenvalue weighted by molar-refractivity contribution is 0.126. The van der Waals surface area contributed by atoms with Crippen molar-refractivity contribution in [2.75, 3.05) is 6.54 Å². The number of rotatable bonds is 3. The summed E-state index contributed by atoms with van der Waals surface area (Å²) in [7, 11) is 0. The molecule has 0 spiro atoms. The molecule has 1 fully saturated rings. The second-order valence-corrected chi connectivity index (χ2v) is 6.08. The van der Waals surface area contributed by atoms with Crippen molar-refractivity contribution >= 4 is 0 Å². The van der Waals surface area contributed by atoms with Crippen molar-refractivity contribution in [2.45, 2.75) is 65.8 Å². The molecule has 0 radical (unpaired) electrons. The number of nitrogens with one attached hydrogen (secondary N) is 1. The maximum absolute atomic E-state index is 3.78. The molecule has 1 aliphatic heterocycles. The Kier molecular flexibility index (Phi) is 3.63. The van der Waals surface area contributed by atoms with E-state index >= 15 is 0 Å². The second kappa shape index (κ2) is 4.22. The Morgan fingerprint density at radius 1 is 1.36 bits per heavy atom. The molecule has 1 N–H and O–H groups in total. The van der Waals surface area contributed by atoms with Crippen LogP contribution < -0.4 is 5.32 Å². The van der Waals surface area contributed by atoms with Gasteiger partial charge in [0, 0.05) is 5.54 Å². The Morgan fingerprint density at radius 2 is 2.00 bits per heavy atom. The quantitative estimate of drug-likeness (QED) is 0.729. The summed E-state index contributed by atoms with van der Waals surface area (Å²) in [6.45, 7) is 13.0. The number of hydrogen-bond donors (Lipinski definition) is 1. The molecule has 0 aromatic carbocycles. The molecule has 84 valence electrons. The largest absolute Gasteiger partial charge is 0.311 e. The van der Waals surface area contributed by atoms with Crippen LogP contribution in [0, 0.1) is 11.3 Å². The van der Waals surface area contributed by atoms with Gasteiger partial charge in [0.15, 0.2) is 0 Å². The van der Waals surface area contributed by atoms with Crippen molar-refractivity contribution in [1.29, 1.82) is 0 Å². The number of hydrogen-bond acceptors (Lipinski definition) is 1. The highest BCUT2D eigenvalue weighted by Gasteiger charge is 2.43. The third-order valence-electron chi connectivity index (χ3n) is 4.07. The summed E-state index contributed by atoms with van der Waals surface area (Å²) < 4.78 is 0.